The maximum atomic E-state index is 13.4. The first-order valence-electron chi connectivity index (χ1n) is 9.48. The van der Waals surface area contributed by atoms with Crippen LogP contribution in [0.25, 0.3) is 10.9 Å². The van der Waals surface area contributed by atoms with E-state index in [1.165, 1.54) is 19.1 Å². The summed E-state index contributed by atoms with van der Waals surface area (Å²) >= 11 is 0. The van der Waals surface area contributed by atoms with Crippen LogP contribution in [0.3, 0.4) is 0 Å². The number of carbonyl (C=O) groups is 2. The Hall–Kier alpha value is -2.90. The lowest BCUT2D eigenvalue weighted by atomic mass is 9.63. The number of rotatable bonds is 1. The van der Waals surface area contributed by atoms with Gasteiger partial charge < -0.3 is 4.98 Å². The number of aryl methyl sites for hydroxylation is 1. The highest BCUT2D eigenvalue weighted by Crippen LogP contribution is 2.51. The molecule has 0 radical (unpaired) electrons. The van der Waals surface area contributed by atoms with Gasteiger partial charge in [0.05, 0.1) is 28.6 Å². The Morgan fingerprint density at radius 2 is 1.59 bits per heavy atom. The molecule has 5 nitrogen and oxygen atoms in total. The molecule has 2 amide bonds. The second-order valence-electron chi connectivity index (χ2n) is 8.03. The van der Waals surface area contributed by atoms with Crippen molar-refractivity contribution in [2.45, 2.75) is 25.9 Å². The van der Waals surface area contributed by atoms with Crippen molar-refractivity contribution in [2.24, 2.45) is 23.7 Å². The molecule has 8 heteroatoms. The lowest BCUT2D eigenvalue weighted by Gasteiger charge is -2.38. The number of allylic oxidation sites excluding steroid dienone is 2. The minimum atomic E-state index is -4.69. The van der Waals surface area contributed by atoms with Crippen molar-refractivity contribution < 1.29 is 22.8 Å². The Morgan fingerprint density at radius 3 is 2.10 bits per heavy atom. The topological polar surface area (TPSA) is 70.2 Å². The zero-order valence-electron chi connectivity index (χ0n) is 15.4. The summed E-state index contributed by atoms with van der Waals surface area (Å²) in [5.41, 5.74) is -1.44. The first-order chi connectivity index (χ1) is 13.7. The number of anilines is 1. The third kappa shape index (κ3) is 2.44. The number of aromatic nitrogens is 1. The summed E-state index contributed by atoms with van der Waals surface area (Å²) in [6, 6.07) is 3.10. The van der Waals surface area contributed by atoms with E-state index in [4.69, 9.17) is 0 Å². The minimum absolute atomic E-state index is 0.0149. The SMILES string of the molecule is Cc1c(N2C(=O)C3C4C=CC(CC4)C3C2=O)ccc2c(C(F)(F)F)cc(=O)[nH]c12. The second-order valence-corrected chi connectivity index (χ2v) is 8.03. The number of halogens is 3. The van der Waals surface area contributed by atoms with Crippen molar-refractivity contribution in [3.05, 3.63) is 51.8 Å². The van der Waals surface area contributed by atoms with Gasteiger partial charge >= 0.3 is 6.18 Å². The zero-order chi connectivity index (χ0) is 20.7. The van der Waals surface area contributed by atoms with Crippen LogP contribution in [0, 0.1) is 30.6 Å². The van der Waals surface area contributed by atoms with Gasteiger partial charge in [0.1, 0.15) is 0 Å². The van der Waals surface area contributed by atoms with Gasteiger partial charge in [0, 0.05) is 11.5 Å². The van der Waals surface area contributed by atoms with E-state index in [-0.39, 0.29) is 45.8 Å². The molecule has 2 bridgehead atoms. The summed E-state index contributed by atoms with van der Waals surface area (Å²) in [6.07, 6.45) is 1.02. The van der Waals surface area contributed by atoms with E-state index in [0.29, 0.717) is 6.07 Å². The first kappa shape index (κ1) is 18.1. The van der Waals surface area contributed by atoms with Gasteiger partial charge in [-0.3, -0.25) is 14.4 Å². The van der Waals surface area contributed by atoms with E-state index in [9.17, 15) is 27.6 Å². The molecule has 4 unspecified atom stereocenters. The molecular formula is C21H17F3N2O3. The van der Waals surface area contributed by atoms with Crippen molar-refractivity contribution >= 4 is 28.4 Å². The number of benzene rings is 1. The molecule has 2 aromatic rings. The molecule has 2 heterocycles. The predicted octanol–water partition coefficient (Wildman–Crippen LogP) is 3.56. The Kier molecular flexibility index (Phi) is 3.63. The zero-order valence-corrected chi connectivity index (χ0v) is 15.4. The third-order valence-corrected chi connectivity index (χ3v) is 6.56. The lowest BCUT2D eigenvalue weighted by Crippen LogP contribution is -2.38. The highest BCUT2D eigenvalue weighted by molar-refractivity contribution is 6.23. The van der Waals surface area contributed by atoms with Crippen LogP contribution < -0.4 is 10.5 Å². The minimum Gasteiger partial charge on any atom is -0.322 e. The summed E-state index contributed by atoms with van der Waals surface area (Å²) < 4.78 is 40.1. The Labute approximate surface area is 163 Å². The first-order valence-corrected chi connectivity index (χ1v) is 9.48. The molecule has 3 aliphatic carbocycles. The molecule has 1 saturated carbocycles. The molecule has 2 fully saturated rings. The number of hydrogen-bond acceptors (Lipinski definition) is 3. The summed E-state index contributed by atoms with van der Waals surface area (Å²) in [6.45, 7) is 1.52. The maximum absolute atomic E-state index is 13.4. The van der Waals surface area contributed by atoms with Gasteiger partial charge in [-0.05, 0) is 43.2 Å². The highest BCUT2D eigenvalue weighted by Gasteiger charge is 2.57. The van der Waals surface area contributed by atoms with E-state index in [2.05, 4.69) is 4.98 Å². The molecule has 6 rings (SSSR count). The van der Waals surface area contributed by atoms with E-state index in [1.54, 1.807) is 0 Å². The molecule has 29 heavy (non-hydrogen) atoms. The normalized spacial score (nSPS) is 28.5. The average Bonchev–Trinajstić information content (AvgIpc) is 2.95. The number of pyridine rings is 1. The quantitative estimate of drug-likeness (QED) is 0.586. The number of carbonyl (C=O) groups excluding carboxylic acids is 2. The van der Waals surface area contributed by atoms with Gasteiger partial charge in [0.25, 0.3) is 0 Å². The number of alkyl halides is 3. The fraction of sp³-hybridized carbons (Fsp3) is 0.381. The van der Waals surface area contributed by atoms with Crippen LogP contribution >= 0.6 is 0 Å². The van der Waals surface area contributed by atoms with Crippen LogP contribution in [0.5, 0.6) is 0 Å². The van der Waals surface area contributed by atoms with Crippen molar-refractivity contribution in [1.82, 2.24) is 4.98 Å². The van der Waals surface area contributed by atoms with Crippen LogP contribution in [0.1, 0.15) is 24.0 Å². The second kappa shape index (κ2) is 5.81. The van der Waals surface area contributed by atoms with Crippen LogP contribution in [0.15, 0.2) is 35.1 Å². The number of hydrogen-bond donors (Lipinski definition) is 1. The standard InChI is InChI=1S/C21H17F3N2O3/c1-9-14(7-6-12-13(21(22,23)24)8-15(27)25-18(9)12)26-19(28)16-10-2-3-11(5-4-10)17(16)20(26)29/h2-3,6-8,10-11,16-17H,4-5H2,1H3,(H,25,27). The number of amides is 2. The number of nitrogens with zero attached hydrogens (tertiary/aromatic N) is 1. The third-order valence-electron chi connectivity index (χ3n) is 6.56. The fourth-order valence-electron chi connectivity index (χ4n) is 5.24. The molecule has 150 valence electrons. The van der Waals surface area contributed by atoms with Gasteiger partial charge in [0.15, 0.2) is 0 Å². The number of imide groups is 1. The number of nitrogens with one attached hydrogen (secondary N) is 1. The van der Waals surface area contributed by atoms with Gasteiger partial charge in [-0.2, -0.15) is 13.2 Å². The number of fused-ring (bicyclic) bond motifs is 2. The molecule has 4 atom stereocenters. The van der Waals surface area contributed by atoms with Gasteiger partial charge in [-0.1, -0.05) is 18.2 Å². The summed E-state index contributed by atoms with van der Waals surface area (Å²) in [4.78, 5) is 41.7. The Morgan fingerprint density at radius 1 is 1.00 bits per heavy atom. The van der Waals surface area contributed by atoms with Gasteiger partial charge in [0.2, 0.25) is 17.4 Å². The van der Waals surface area contributed by atoms with E-state index in [1.807, 2.05) is 12.2 Å². The van der Waals surface area contributed by atoms with Crippen LogP contribution in [-0.2, 0) is 15.8 Å². The molecule has 1 saturated heterocycles. The summed E-state index contributed by atoms with van der Waals surface area (Å²) in [7, 11) is 0. The van der Waals surface area contributed by atoms with Crippen molar-refractivity contribution in [1.29, 1.82) is 0 Å². The van der Waals surface area contributed by atoms with E-state index >= 15 is 0 Å². The summed E-state index contributed by atoms with van der Waals surface area (Å²) in [5.74, 6) is -1.41. The largest absolute Gasteiger partial charge is 0.417 e. The number of H-pyrrole nitrogens is 1. The lowest BCUT2D eigenvalue weighted by molar-refractivity contribution is -0.136. The molecule has 1 N–H and O–H groups in total. The number of aromatic amines is 1. The fourth-order valence-corrected chi connectivity index (χ4v) is 5.24. The summed E-state index contributed by atoms with van der Waals surface area (Å²) in [5, 5.41) is -0.170. The van der Waals surface area contributed by atoms with Crippen LogP contribution in [-0.4, -0.2) is 16.8 Å². The van der Waals surface area contributed by atoms with Crippen molar-refractivity contribution in [3.63, 3.8) is 0 Å². The smallest absolute Gasteiger partial charge is 0.322 e. The molecular weight excluding hydrogens is 385 g/mol. The van der Waals surface area contributed by atoms with Gasteiger partial charge in [-0.25, -0.2) is 4.90 Å². The van der Waals surface area contributed by atoms with Crippen molar-refractivity contribution in [2.75, 3.05) is 4.90 Å². The average molecular weight is 402 g/mol. The van der Waals surface area contributed by atoms with E-state index in [0.717, 1.165) is 17.7 Å². The van der Waals surface area contributed by atoms with E-state index < -0.39 is 29.1 Å². The van der Waals surface area contributed by atoms with Crippen LogP contribution in [0.2, 0.25) is 0 Å². The maximum Gasteiger partial charge on any atom is 0.417 e. The molecule has 1 aliphatic heterocycles. The Balaban J connectivity index is 1.67. The molecule has 0 spiro atoms. The molecule has 1 aromatic heterocycles. The molecule has 1 aromatic carbocycles. The Bertz CT molecular complexity index is 1130. The molecule has 4 aliphatic rings. The highest BCUT2D eigenvalue weighted by atomic mass is 19.4. The van der Waals surface area contributed by atoms with Gasteiger partial charge in [-0.15, -0.1) is 0 Å². The predicted molar refractivity (Wildman–Crippen MR) is 99.1 cm³/mol. The monoisotopic (exact) mass is 402 g/mol. The van der Waals surface area contributed by atoms with Crippen molar-refractivity contribution in [3.8, 4) is 0 Å². The van der Waals surface area contributed by atoms with Crippen LogP contribution in [0.4, 0.5) is 18.9 Å².